The minimum Gasteiger partial charge on any atom is -0.379 e. The van der Waals surface area contributed by atoms with Crippen LogP contribution in [0.4, 0.5) is 4.39 Å². The number of fused-ring (bicyclic) bond motifs is 1. The SMILES string of the molecule is Fc1ccc(-c2nnc(SCc3ccc4ccccc4n3)n2CCN2CCOCC2)cc1. The lowest BCUT2D eigenvalue weighted by molar-refractivity contribution is 0.0361. The highest BCUT2D eigenvalue weighted by Crippen LogP contribution is 2.27. The molecule has 0 atom stereocenters. The second-order valence-electron chi connectivity index (χ2n) is 7.70. The molecule has 0 aliphatic carbocycles. The van der Waals surface area contributed by atoms with Crippen LogP contribution >= 0.6 is 11.8 Å². The van der Waals surface area contributed by atoms with E-state index in [1.807, 2.05) is 18.2 Å². The van der Waals surface area contributed by atoms with Gasteiger partial charge in [-0.15, -0.1) is 10.2 Å². The summed E-state index contributed by atoms with van der Waals surface area (Å²) in [5.41, 5.74) is 2.85. The van der Waals surface area contributed by atoms with Crippen LogP contribution in [0.25, 0.3) is 22.3 Å². The Hall–Kier alpha value is -2.81. The fourth-order valence-electron chi connectivity index (χ4n) is 3.80. The fourth-order valence-corrected chi connectivity index (χ4v) is 4.67. The highest BCUT2D eigenvalue weighted by Gasteiger charge is 2.17. The minimum absolute atomic E-state index is 0.259. The topological polar surface area (TPSA) is 56.1 Å². The van der Waals surface area contributed by atoms with Crippen molar-refractivity contribution in [1.29, 1.82) is 0 Å². The van der Waals surface area contributed by atoms with Gasteiger partial charge in [0, 0.05) is 42.9 Å². The molecule has 0 saturated carbocycles. The average Bonchev–Trinajstić information content (AvgIpc) is 3.25. The Morgan fingerprint density at radius 3 is 2.56 bits per heavy atom. The Kier molecular flexibility index (Phi) is 6.43. The van der Waals surface area contributed by atoms with Crippen LogP contribution in [0.2, 0.25) is 0 Å². The molecule has 32 heavy (non-hydrogen) atoms. The molecule has 4 aromatic rings. The van der Waals surface area contributed by atoms with Crippen LogP contribution in [0.3, 0.4) is 0 Å². The molecule has 0 radical (unpaired) electrons. The van der Waals surface area contributed by atoms with Crippen molar-refractivity contribution >= 4 is 22.7 Å². The summed E-state index contributed by atoms with van der Waals surface area (Å²) in [5, 5.41) is 10.9. The van der Waals surface area contributed by atoms with E-state index in [1.54, 1.807) is 23.9 Å². The average molecular weight is 450 g/mol. The van der Waals surface area contributed by atoms with Crippen molar-refractivity contribution in [1.82, 2.24) is 24.6 Å². The van der Waals surface area contributed by atoms with Gasteiger partial charge < -0.3 is 9.30 Å². The third-order valence-electron chi connectivity index (χ3n) is 5.57. The number of nitrogens with zero attached hydrogens (tertiary/aromatic N) is 5. The Morgan fingerprint density at radius 2 is 1.72 bits per heavy atom. The van der Waals surface area contributed by atoms with E-state index < -0.39 is 0 Å². The summed E-state index contributed by atoms with van der Waals surface area (Å²) in [4.78, 5) is 7.16. The number of hydrogen-bond acceptors (Lipinski definition) is 6. The number of ether oxygens (including phenoxy) is 1. The monoisotopic (exact) mass is 449 g/mol. The Balaban J connectivity index is 1.37. The normalized spacial score (nSPS) is 14.8. The minimum atomic E-state index is -0.259. The van der Waals surface area contributed by atoms with E-state index >= 15 is 0 Å². The van der Waals surface area contributed by atoms with Gasteiger partial charge in [0.1, 0.15) is 5.82 Å². The van der Waals surface area contributed by atoms with Crippen molar-refractivity contribution in [2.75, 3.05) is 32.8 Å². The van der Waals surface area contributed by atoms with E-state index in [1.165, 1.54) is 12.1 Å². The fraction of sp³-hybridized carbons (Fsp3) is 0.292. The number of morpholine rings is 1. The van der Waals surface area contributed by atoms with Gasteiger partial charge in [-0.25, -0.2) is 4.39 Å². The van der Waals surface area contributed by atoms with Crippen molar-refractivity contribution in [3.05, 3.63) is 72.2 Å². The molecule has 3 heterocycles. The molecular weight excluding hydrogens is 425 g/mol. The lowest BCUT2D eigenvalue weighted by atomic mass is 10.2. The van der Waals surface area contributed by atoms with Crippen LogP contribution < -0.4 is 0 Å². The molecule has 2 aromatic heterocycles. The van der Waals surface area contributed by atoms with E-state index in [0.29, 0.717) is 5.75 Å². The summed E-state index contributed by atoms with van der Waals surface area (Å²) in [5.74, 6) is 1.20. The van der Waals surface area contributed by atoms with Gasteiger partial charge in [-0.1, -0.05) is 36.0 Å². The summed E-state index contributed by atoms with van der Waals surface area (Å²) in [6.07, 6.45) is 0. The predicted molar refractivity (Wildman–Crippen MR) is 124 cm³/mol. The van der Waals surface area contributed by atoms with E-state index in [4.69, 9.17) is 9.72 Å². The molecule has 0 spiro atoms. The van der Waals surface area contributed by atoms with E-state index in [-0.39, 0.29) is 5.82 Å². The molecule has 1 saturated heterocycles. The van der Waals surface area contributed by atoms with Crippen LogP contribution in [-0.2, 0) is 17.0 Å². The second kappa shape index (κ2) is 9.77. The van der Waals surface area contributed by atoms with Crippen molar-refractivity contribution in [2.24, 2.45) is 0 Å². The smallest absolute Gasteiger partial charge is 0.191 e. The number of rotatable bonds is 7. The largest absolute Gasteiger partial charge is 0.379 e. The lowest BCUT2D eigenvalue weighted by Gasteiger charge is -2.27. The van der Waals surface area contributed by atoms with E-state index in [2.05, 4.69) is 37.9 Å². The molecule has 1 aliphatic rings. The zero-order valence-corrected chi connectivity index (χ0v) is 18.5. The van der Waals surface area contributed by atoms with Crippen LogP contribution in [-0.4, -0.2) is 57.5 Å². The molecule has 5 rings (SSSR count). The van der Waals surface area contributed by atoms with Gasteiger partial charge in [0.25, 0.3) is 0 Å². The molecule has 8 heteroatoms. The number of benzene rings is 2. The summed E-state index contributed by atoms with van der Waals surface area (Å²) in [6.45, 7) is 5.03. The number of aromatic nitrogens is 4. The van der Waals surface area contributed by atoms with Crippen molar-refractivity contribution in [3.8, 4) is 11.4 Å². The van der Waals surface area contributed by atoms with Crippen molar-refractivity contribution in [2.45, 2.75) is 17.5 Å². The third-order valence-corrected chi connectivity index (χ3v) is 6.57. The number of thioether (sulfide) groups is 1. The molecular formula is C24H24FN5OS. The van der Waals surface area contributed by atoms with Crippen molar-refractivity contribution in [3.63, 3.8) is 0 Å². The summed E-state index contributed by atoms with van der Waals surface area (Å²) < 4.78 is 21.0. The first-order chi connectivity index (χ1) is 15.8. The predicted octanol–water partition coefficient (Wildman–Crippen LogP) is 4.26. The van der Waals surface area contributed by atoms with Crippen LogP contribution in [0.5, 0.6) is 0 Å². The van der Waals surface area contributed by atoms with Crippen LogP contribution in [0, 0.1) is 5.82 Å². The van der Waals surface area contributed by atoms with Gasteiger partial charge in [0.2, 0.25) is 0 Å². The zero-order valence-electron chi connectivity index (χ0n) is 17.7. The van der Waals surface area contributed by atoms with Crippen molar-refractivity contribution < 1.29 is 9.13 Å². The highest BCUT2D eigenvalue weighted by atomic mass is 32.2. The molecule has 0 bridgehead atoms. The molecule has 2 aromatic carbocycles. The molecule has 0 N–H and O–H groups in total. The van der Waals surface area contributed by atoms with Gasteiger partial charge in [-0.05, 0) is 36.4 Å². The first-order valence-corrected chi connectivity index (χ1v) is 11.7. The molecule has 164 valence electrons. The lowest BCUT2D eigenvalue weighted by Crippen LogP contribution is -2.38. The molecule has 0 unspecified atom stereocenters. The number of para-hydroxylation sites is 1. The summed E-state index contributed by atoms with van der Waals surface area (Å²) in [7, 11) is 0. The van der Waals surface area contributed by atoms with Gasteiger partial charge in [0.15, 0.2) is 11.0 Å². The second-order valence-corrected chi connectivity index (χ2v) is 8.65. The Labute approximate surface area is 190 Å². The Bertz CT molecular complexity index is 1190. The summed E-state index contributed by atoms with van der Waals surface area (Å²) >= 11 is 1.62. The maximum atomic E-state index is 13.4. The highest BCUT2D eigenvalue weighted by molar-refractivity contribution is 7.98. The first kappa shape index (κ1) is 21.1. The number of hydrogen-bond donors (Lipinski definition) is 0. The maximum Gasteiger partial charge on any atom is 0.191 e. The zero-order chi connectivity index (χ0) is 21.8. The van der Waals surface area contributed by atoms with Crippen LogP contribution in [0.15, 0.2) is 65.8 Å². The van der Waals surface area contributed by atoms with Crippen LogP contribution in [0.1, 0.15) is 5.69 Å². The quantitative estimate of drug-likeness (QED) is 0.393. The standard InChI is InChI=1S/C24H24FN5OS/c25-20-8-5-19(6-9-20)23-27-28-24(30(23)12-11-29-13-15-31-16-14-29)32-17-21-10-7-18-3-1-2-4-22(18)26-21/h1-10H,11-17H2. The maximum absolute atomic E-state index is 13.4. The molecule has 1 aliphatic heterocycles. The number of halogens is 1. The first-order valence-electron chi connectivity index (χ1n) is 10.7. The van der Waals surface area contributed by atoms with Gasteiger partial charge in [-0.3, -0.25) is 9.88 Å². The Morgan fingerprint density at radius 1 is 0.906 bits per heavy atom. The number of pyridine rings is 1. The molecule has 0 amide bonds. The van der Waals surface area contributed by atoms with Gasteiger partial charge in [-0.2, -0.15) is 0 Å². The van der Waals surface area contributed by atoms with Gasteiger partial charge >= 0.3 is 0 Å². The third kappa shape index (κ3) is 4.82. The summed E-state index contributed by atoms with van der Waals surface area (Å²) in [6, 6.07) is 18.7. The van der Waals surface area contributed by atoms with E-state index in [9.17, 15) is 4.39 Å². The molecule has 6 nitrogen and oxygen atoms in total. The molecule has 1 fully saturated rings. The van der Waals surface area contributed by atoms with Gasteiger partial charge in [0.05, 0.1) is 24.4 Å². The van der Waals surface area contributed by atoms with E-state index in [0.717, 1.165) is 72.5 Å².